The minimum absolute atomic E-state index is 0.000841. The number of nitrogens with one attached hydrogen (secondary N) is 3. The number of hydrogen-bond donors (Lipinski definition) is 3. The molecule has 0 heterocycles. The number of carbonyl (C=O) groups is 2. The van der Waals surface area contributed by atoms with Crippen molar-refractivity contribution < 1.29 is 22.8 Å². The lowest BCUT2D eigenvalue weighted by atomic mass is 9.97. The first-order valence-electron chi connectivity index (χ1n) is 8.79. The molecule has 0 aromatic heterocycles. The fraction of sp³-hybridized carbons (Fsp3) is 0.300. The van der Waals surface area contributed by atoms with Crippen LogP contribution in [0.3, 0.4) is 0 Å². The van der Waals surface area contributed by atoms with Gasteiger partial charge >= 0.3 is 12.2 Å². The first-order chi connectivity index (χ1) is 13.2. The van der Waals surface area contributed by atoms with Crippen molar-refractivity contribution in [2.75, 3.05) is 17.2 Å². The van der Waals surface area contributed by atoms with Gasteiger partial charge in [0.1, 0.15) is 0 Å². The maximum absolute atomic E-state index is 13.3. The number of carbonyl (C=O) groups excluding carboxylic acids is 2. The highest BCUT2D eigenvalue weighted by Crippen LogP contribution is 2.36. The fourth-order valence-electron chi connectivity index (χ4n) is 2.77. The maximum Gasteiger partial charge on any atom is 0.418 e. The molecule has 8 heteroatoms. The number of urea groups is 1. The highest BCUT2D eigenvalue weighted by molar-refractivity contribution is 5.92. The van der Waals surface area contributed by atoms with Gasteiger partial charge in [-0.15, -0.1) is 0 Å². The number of hydrogen-bond acceptors (Lipinski definition) is 2. The molecule has 0 spiro atoms. The van der Waals surface area contributed by atoms with Crippen molar-refractivity contribution >= 4 is 23.3 Å². The first-order valence-corrected chi connectivity index (χ1v) is 8.79. The van der Waals surface area contributed by atoms with Crippen molar-refractivity contribution in [3.63, 3.8) is 0 Å². The summed E-state index contributed by atoms with van der Waals surface area (Å²) in [5.41, 5.74) is -0.377. The Hall–Kier alpha value is -3.03. The van der Waals surface area contributed by atoms with E-state index in [1.54, 1.807) is 0 Å². The van der Waals surface area contributed by atoms with Crippen molar-refractivity contribution in [1.29, 1.82) is 0 Å². The molecule has 0 aliphatic rings. The average molecular weight is 393 g/mol. The van der Waals surface area contributed by atoms with Gasteiger partial charge in [-0.2, -0.15) is 13.2 Å². The summed E-state index contributed by atoms with van der Waals surface area (Å²) in [5.74, 6) is -0.436. The summed E-state index contributed by atoms with van der Waals surface area (Å²) in [6.45, 7) is 3.46. The molecule has 1 unspecified atom stereocenters. The van der Waals surface area contributed by atoms with Gasteiger partial charge in [-0.25, -0.2) is 4.79 Å². The summed E-state index contributed by atoms with van der Waals surface area (Å²) in [6, 6.07) is 12.0. The van der Waals surface area contributed by atoms with Gasteiger partial charge in [0.2, 0.25) is 5.91 Å². The van der Waals surface area contributed by atoms with Crippen LogP contribution in [0.1, 0.15) is 37.3 Å². The summed E-state index contributed by atoms with van der Waals surface area (Å²) in [4.78, 5) is 23.2. The van der Waals surface area contributed by atoms with Gasteiger partial charge in [0.05, 0.1) is 11.3 Å². The highest BCUT2D eigenvalue weighted by Gasteiger charge is 2.34. The predicted octanol–water partition coefficient (Wildman–Crippen LogP) is 4.98. The van der Waals surface area contributed by atoms with Crippen LogP contribution < -0.4 is 16.0 Å². The average Bonchev–Trinajstić information content (AvgIpc) is 2.63. The van der Waals surface area contributed by atoms with Crippen molar-refractivity contribution in [2.45, 2.75) is 32.4 Å². The molecular formula is C20H22F3N3O2. The molecule has 0 radical (unpaired) electrons. The third-order valence-electron chi connectivity index (χ3n) is 4.17. The summed E-state index contributed by atoms with van der Waals surface area (Å²) >= 11 is 0. The van der Waals surface area contributed by atoms with E-state index in [-0.39, 0.29) is 23.8 Å². The van der Waals surface area contributed by atoms with Crippen LogP contribution in [0, 0.1) is 0 Å². The topological polar surface area (TPSA) is 70.2 Å². The molecule has 0 saturated carbocycles. The second-order valence-electron chi connectivity index (χ2n) is 6.29. The number of halogens is 3. The molecule has 0 fully saturated rings. The van der Waals surface area contributed by atoms with Gasteiger partial charge in [-0.1, -0.05) is 37.3 Å². The summed E-state index contributed by atoms with van der Waals surface area (Å²) < 4.78 is 40.0. The lowest BCUT2D eigenvalue weighted by Crippen LogP contribution is -2.33. The molecule has 1 atom stereocenters. The minimum Gasteiger partial charge on any atom is -0.337 e. The van der Waals surface area contributed by atoms with Crippen LogP contribution in [0.5, 0.6) is 0 Å². The second-order valence-corrected chi connectivity index (χ2v) is 6.29. The van der Waals surface area contributed by atoms with E-state index in [4.69, 9.17) is 0 Å². The Balaban J connectivity index is 2.09. The van der Waals surface area contributed by atoms with Crippen LogP contribution in [-0.2, 0) is 11.0 Å². The molecule has 0 saturated heterocycles. The normalized spacial score (nSPS) is 12.2. The lowest BCUT2D eigenvalue weighted by Gasteiger charge is -2.18. The van der Waals surface area contributed by atoms with Crippen LogP contribution in [0.2, 0.25) is 0 Å². The molecule has 2 aromatic rings. The van der Waals surface area contributed by atoms with Crippen LogP contribution >= 0.6 is 0 Å². The van der Waals surface area contributed by atoms with Gasteiger partial charge in [0, 0.05) is 25.1 Å². The van der Waals surface area contributed by atoms with Crippen molar-refractivity contribution in [3.8, 4) is 0 Å². The zero-order valence-corrected chi connectivity index (χ0v) is 15.6. The molecule has 3 amide bonds. The van der Waals surface area contributed by atoms with E-state index in [2.05, 4.69) is 16.0 Å². The number of anilines is 2. The van der Waals surface area contributed by atoms with Gasteiger partial charge < -0.3 is 16.0 Å². The van der Waals surface area contributed by atoms with Crippen LogP contribution in [0.4, 0.5) is 29.3 Å². The Morgan fingerprint density at radius 1 is 1.04 bits per heavy atom. The molecule has 0 aliphatic carbocycles. The fourth-order valence-corrected chi connectivity index (χ4v) is 2.77. The van der Waals surface area contributed by atoms with E-state index < -0.39 is 23.7 Å². The minimum atomic E-state index is -4.69. The largest absolute Gasteiger partial charge is 0.418 e. The Labute approximate surface area is 161 Å². The van der Waals surface area contributed by atoms with Gasteiger partial charge in [-0.05, 0) is 30.2 Å². The number of amides is 3. The molecule has 2 rings (SSSR count). The highest BCUT2D eigenvalue weighted by atomic mass is 19.4. The molecule has 5 nitrogen and oxygen atoms in total. The Morgan fingerprint density at radius 2 is 1.71 bits per heavy atom. The third-order valence-corrected chi connectivity index (χ3v) is 4.17. The van der Waals surface area contributed by atoms with Gasteiger partial charge in [-0.3, -0.25) is 4.79 Å². The molecular weight excluding hydrogens is 371 g/mol. The van der Waals surface area contributed by atoms with Crippen molar-refractivity contribution in [3.05, 3.63) is 59.7 Å². The Morgan fingerprint density at radius 3 is 2.29 bits per heavy atom. The van der Waals surface area contributed by atoms with E-state index in [1.807, 2.05) is 37.3 Å². The molecule has 150 valence electrons. The van der Waals surface area contributed by atoms with Crippen LogP contribution in [0.25, 0.3) is 0 Å². The number of alkyl halides is 3. The summed E-state index contributed by atoms with van der Waals surface area (Å²) in [7, 11) is 0. The van der Waals surface area contributed by atoms with E-state index >= 15 is 0 Å². The van der Waals surface area contributed by atoms with Gasteiger partial charge in [0.15, 0.2) is 0 Å². The molecule has 2 aromatic carbocycles. The van der Waals surface area contributed by atoms with E-state index in [1.165, 1.54) is 13.0 Å². The van der Waals surface area contributed by atoms with E-state index in [0.717, 1.165) is 24.1 Å². The monoisotopic (exact) mass is 393 g/mol. The third kappa shape index (κ3) is 6.00. The zero-order valence-electron chi connectivity index (χ0n) is 15.6. The Bertz CT molecular complexity index is 823. The van der Waals surface area contributed by atoms with Crippen molar-refractivity contribution in [1.82, 2.24) is 5.32 Å². The van der Waals surface area contributed by atoms with Crippen LogP contribution in [0.15, 0.2) is 48.5 Å². The quantitative estimate of drug-likeness (QED) is 0.648. The standard InChI is InChI=1S/C20H22F3N3O2/c1-3-14(15-7-5-4-6-8-15)12-24-19(28)26-18-10-9-16(25-13(2)27)11-17(18)20(21,22)23/h4-11,14H,3,12H2,1-2H3,(H,25,27)(H2,24,26,28). The van der Waals surface area contributed by atoms with Crippen LogP contribution in [-0.4, -0.2) is 18.5 Å². The smallest absolute Gasteiger partial charge is 0.337 e. The van der Waals surface area contributed by atoms with E-state index in [0.29, 0.717) is 0 Å². The second kappa shape index (κ2) is 9.25. The van der Waals surface area contributed by atoms with Crippen molar-refractivity contribution in [2.24, 2.45) is 0 Å². The predicted molar refractivity (Wildman–Crippen MR) is 102 cm³/mol. The summed E-state index contributed by atoms with van der Waals surface area (Å²) in [6.07, 6.45) is -3.92. The number of rotatable bonds is 6. The van der Waals surface area contributed by atoms with E-state index in [9.17, 15) is 22.8 Å². The SMILES string of the molecule is CCC(CNC(=O)Nc1ccc(NC(C)=O)cc1C(F)(F)F)c1ccccc1. The Kier molecular flexibility index (Phi) is 7.03. The molecule has 28 heavy (non-hydrogen) atoms. The molecule has 0 bridgehead atoms. The molecule has 3 N–H and O–H groups in total. The lowest BCUT2D eigenvalue weighted by molar-refractivity contribution is -0.137. The molecule has 0 aliphatic heterocycles. The number of benzene rings is 2. The zero-order chi connectivity index (χ0) is 20.7. The maximum atomic E-state index is 13.3. The van der Waals surface area contributed by atoms with Gasteiger partial charge in [0.25, 0.3) is 0 Å². The summed E-state index contributed by atoms with van der Waals surface area (Å²) in [5, 5.41) is 7.16. The first kappa shape index (κ1) is 21.3.